The molecule has 3 heteroatoms. The molecule has 3 nitrogen and oxygen atoms in total. The maximum Gasteiger partial charge on any atom is 0.131 e. The van der Waals surface area contributed by atoms with E-state index >= 15 is 0 Å². The maximum absolute atomic E-state index is 4.81. The average molecular weight is 261 g/mol. The standard InChI is InChI=1S/C16H27N3/c1-3-5-10-15-18-14(13-8-6-7-9-13)12-16(19-15)17-11-4-2/h12-13H,3-11H2,1-2H3,(H,17,18,19). The Hall–Kier alpha value is -1.12. The van der Waals surface area contributed by atoms with Crippen LogP contribution in [0.25, 0.3) is 0 Å². The summed E-state index contributed by atoms with van der Waals surface area (Å²) in [5, 5.41) is 3.42. The number of aromatic nitrogens is 2. The molecule has 0 unspecified atom stereocenters. The predicted molar refractivity (Wildman–Crippen MR) is 80.6 cm³/mol. The van der Waals surface area contributed by atoms with Gasteiger partial charge in [-0.25, -0.2) is 9.97 Å². The lowest BCUT2D eigenvalue weighted by Gasteiger charge is -2.13. The third-order valence-electron chi connectivity index (χ3n) is 3.88. The second-order valence-electron chi connectivity index (χ2n) is 5.61. The summed E-state index contributed by atoms with van der Waals surface area (Å²) in [5.41, 5.74) is 1.28. The Morgan fingerprint density at radius 2 is 1.95 bits per heavy atom. The zero-order valence-electron chi connectivity index (χ0n) is 12.4. The second-order valence-corrected chi connectivity index (χ2v) is 5.61. The van der Waals surface area contributed by atoms with Crippen molar-refractivity contribution in [2.45, 2.75) is 71.1 Å². The summed E-state index contributed by atoms with van der Waals surface area (Å²) >= 11 is 0. The van der Waals surface area contributed by atoms with Crippen molar-refractivity contribution >= 4 is 5.82 Å². The zero-order valence-corrected chi connectivity index (χ0v) is 12.4. The first kappa shape index (κ1) is 14.3. The molecule has 0 aromatic carbocycles. The van der Waals surface area contributed by atoms with Crippen LogP contribution in [0.3, 0.4) is 0 Å². The molecule has 1 aromatic heterocycles. The van der Waals surface area contributed by atoms with Crippen LogP contribution in [0.2, 0.25) is 0 Å². The van der Waals surface area contributed by atoms with Crippen LogP contribution in [0.15, 0.2) is 6.07 Å². The first-order valence-corrected chi connectivity index (χ1v) is 7.95. The third kappa shape index (κ3) is 4.19. The molecule has 1 aliphatic rings. The van der Waals surface area contributed by atoms with Gasteiger partial charge in [-0.05, 0) is 25.7 Å². The summed E-state index contributed by atoms with van der Waals surface area (Å²) in [6.07, 6.45) is 9.85. The summed E-state index contributed by atoms with van der Waals surface area (Å²) in [6.45, 7) is 5.40. The molecule has 0 atom stereocenters. The largest absolute Gasteiger partial charge is 0.370 e. The minimum Gasteiger partial charge on any atom is -0.370 e. The van der Waals surface area contributed by atoms with Gasteiger partial charge in [0.05, 0.1) is 0 Å². The van der Waals surface area contributed by atoms with Crippen molar-refractivity contribution in [1.29, 1.82) is 0 Å². The number of hydrogen-bond acceptors (Lipinski definition) is 3. The Labute approximate surface area is 117 Å². The number of nitrogens with one attached hydrogen (secondary N) is 1. The predicted octanol–water partition coefficient (Wildman–Crippen LogP) is 4.30. The van der Waals surface area contributed by atoms with E-state index in [0.717, 1.165) is 31.0 Å². The van der Waals surface area contributed by atoms with Crippen molar-refractivity contribution in [2.75, 3.05) is 11.9 Å². The number of nitrogens with zero attached hydrogens (tertiary/aromatic N) is 2. The molecule has 0 amide bonds. The molecule has 106 valence electrons. The molecule has 1 saturated carbocycles. The van der Waals surface area contributed by atoms with Gasteiger partial charge in [0.1, 0.15) is 11.6 Å². The Balaban J connectivity index is 2.14. The Bertz CT molecular complexity index is 357. The minimum absolute atomic E-state index is 0.672. The number of aryl methyl sites for hydroxylation is 1. The van der Waals surface area contributed by atoms with Crippen LogP contribution < -0.4 is 5.32 Å². The van der Waals surface area contributed by atoms with E-state index in [1.54, 1.807) is 0 Å². The van der Waals surface area contributed by atoms with Gasteiger partial charge in [-0.15, -0.1) is 0 Å². The van der Waals surface area contributed by atoms with Gasteiger partial charge in [0.15, 0.2) is 0 Å². The quantitative estimate of drug-likeness (QED) is 0.795. The van der Waals surface area contributed by atoms with Crippen molar-refractivity contribution in [3.8, 4) is 0 Å². The van der Waals surface area contributed by atoms with Crippen molar-refractivity contribution in [3.05, 3.63) is 17.6 Å². The molecule has 1 heterocycles. The molecule has 0 radical (unpaired) electrons. The van der Waals surface area contributed by atoms with Gasteiger partial charge in [-0.1, -0.05) is 33.1 Å². The summed E-state index contributed by atoms with van der Waals surface area (Å²) < 4.78 is 0. The minimum atomic E-state index is 0.672. The number of hydrogen-bond donors (Lipinski definition) is 1. The van der Waals surface area contributed by atoms with E-state index in [1.165, 1.54) is 44.2 Å². The smallest absolute Gasteiger partial charge is 0.131 e. The second kappa shape index (κ2) is 7.46. The van der Waals surface area contributed by atoms with Gasteiger partial charge in [0.2, 0.25) is 0 Å². The van der Waals surface area contributed by atoms with Crippen molar-refractivity contribution in [1.82, 2.24) is 9.97 Å². The van der Waals surface area contributed by atoms with Gasteiger partial charge in [-0.2, -0.15) is 0 Å². The summed E-state index contributed by atoms with van der Waals surface area (Å²) in [4.78, 5) is 9.47. The molecule has 1 aromatic rings. The zero-order chi connectivity index (χ0) is 13.5. The van der Waals surface area contributed by atoms with Gasteiger partial charge in [-0.3, -0.25) is 0 Å². The fourth-order valence-corrected chi connectivity index (χ4v) is 2.74. The average Bonchev–Trinajstić information content (AvgIpc) is 2.97. The number of rotatable bonds is 7. The molecule has 0 saturated heterocycles. The van der Waals surface area contributed by atoms with Crippen LogP contribution in [0.1, 0.15) is 76.2 Å². The summed E-state index contributed by atoms with van der Waals surface area (Å²) in [6, 6.07) is 2.18. The van der Waals surface area contributed by atoms with E-state index in [-0.39, 0.29) is 0 Å². The maximum atomic E-state index is 4.81. The topological polar surface area (TPSA) is 37.8 Å². The fraction of sp³-hybridized carbons (Fsp3) is 0.750. The van der Waals surface area contributed by atoms with E-state index < -0.39 is 0 Å². The fourth-order valence-electron chi connectivity index (χ4n) is 2.74. The normalized spacial score (nSPS) is 15.9. The molecule has 0 aliphatic heterocycles. The summed E-state index contributed by atoms with van der Waals surface area (Å²) in [7, 11) is 0. The molecular formula is C16H27N3. The SMILES string of the molecule is CCCCc1nc(NCCC)cc(C2CCCC2)n1. The van der Waals surface area contributed by atoms with Gasteiger partial charge < -0.3 is 5.32 Å². The molecule has 19 heavy (non-hydrogen) atoms. The van der Waals surface area contributed by atoms with Gasteiger partial charge in [0, 0.05) is 30.6 Å². The van der Waals surface area contributed by atoms with Crippen LogP contribution >= 0.6 is 0 Å². The van der Waals surface area contributed by atoms with Crippen molar-refractivity contribution in [3.63, 3.8) is 0 Å². The lowest BCUT2D eigenvalue weighted by molar-refractivity contribution is 0.673. The van der Waals surface area contributed by atoms with Crippen LogP contribution in [-0.2, 0) is 6.42 Å². The molecule has 1 N–H and O–H groups in total. The first-order chi connectivity index (χ1) is 9.33. The molecule has 2 rings (SSSR count). The lowest BCUT2D eigenvalue weighted by atomic mass is 10.0. The van der Waals surface area contributed by atoms with E-state index in [4.69, 9.17) is 4.98 Å². The molecular weight excluding hydrogens is 234 g/mol. The van der Waals surface area contributed by atoms with Crippen LogP contribution in [0.4, 0.5) is 5.82 Å². The lowest BCUT2D eigenvalue weighted by Crippen LogP contribution is -2.09. The first-order valence-electron chi connectivity index (χ1n) is 7.95. The monoisotopic (exact) mass is 261 g/mol. The number of unbranched alkanes of at least 4 members (excludes halogenated alkanes) is 1. The summed E-state index contributed by atoms with van der Waals surface area (Å²) in [5.74, 6) is 2.74. The van der Waals surface area contributed by atoms with Crippen LogP contribution in [-0.4, -0.2) is 16.5 Å². The van der Waals surface area contributed by atoms with E-state index in [1.807, 2.05) is 0 Å². The van der Waals surface area contributed by atoms with Crippen molar-refractivity contribution < 1.29 is 0 Å². The molecule has 0 bridgehead atoms. The third-order valence-corrected chi connectivity index (χ3v) is 3.88. The van der Waals surface area contributed by atoms with Crippen molar-refractivity contribution in [2.24, 2.45) is 0 Å². The highest BCUT2D eigenvalue weighted by Crippen LogP contribution is 2.33. The Morgan fingerprint density at radius 1 is 1.16 bits per heavy atom. The van der Waals surface area contributed by atoms with E-state index in [9.17, 15) is 0 Å². The Kier molecular flexibility index (Phi) is 5.62. The number of anilines is 1. The molecule has 0 spiro atoms. The van der Waals surface area contributed by atoms with E-state index in [2.05, 4.69) is 30.2 Å². The highest BCUT2D eigenvalue weighted by molar-refractivity contribution is 5.37. The van der Waals surface area contributed by atoms with Crippen LogP contribution in [0, 0.1) is 0 Å². The van der Waals surface area contributed by atoms with Gasteiger partial charge in [0.25, 0.3) is 0 Å². The highest BCUT2D eigenvalue weighted by Gasteiger charge is 2.19. The highest BCUT2D eigenvalue weighted by atomic mass is 15.0. The van der Waals surface area contributed by atoms with Crippen LogP contribution in [0.5, 0.6) is 0 Å². The Morgan fingerprint density at radius 3 is 2.63 bits per heavy atom. The van der Waals surface area contributed by atoms with Gasteiger partial charge >= 0.3 is 0 Å². The van der Waals surface area contributed by atoms with E-state index in [0.29, 0.717) is 5.92 Å². The molecule has 1 aliphatic carbocycles. The molecule has 1 fully saturated rings.